The van der Waals surface area contributed by atoms with Crippen LogP contribution >= 0.6 is 0 Å². The van der Waals surface area contributed by atoms with E-state index in [4.69, 9.17) is 0 Å². The Bertz CT molecular complexity index is 915. The van der Waals surface area contributed by atoms with Crippen molar-refractivity contribution in [3.8, 4) is 0 Å². The summed E-state index contributed by atoms with van der Waals surface area (Å²) in [6, 6.07) is 18.4. The first-order chi connectivity index (χ1) is 13.5. The maximum atomic E-state index is 12.8. The van der Waals surface area contributed by atoms with Crippen molar-refractivity contribution >= 4 is 16.8 Å². The van der Waals surface area contributed by atoms with E-state index < -0.39 is 0 Å². The monoisotopic (exact) mass is 378 g/mol. The SMILES string of the molecule is CC(C)C(CO)NC(=O)CC(Cc1ccccc1)c1cn(C)c2ccccc12. The van der Waals surface area contributed by atoms with Gasteiger partial charge in [-0.2, -0.15) is 0 Å². The summed E-state index contributed by atoms with van der Waals surface area (Å²) in [6.45, 7) is 3.97. The van der Waals surface area contributed by atoms with Gasteiger partial charge in [0.05, 0.1) is 12.6 Å². The molecule has 0 saturated heterocycles. The van der Waals surface area contributed by atoms with Crippen LogP contribution in [-0.4, -0.2) is 28.2 Å². The molecule has 2 aromatic carbocycles. The first-order valence-corrected chi connectivity index (χ1v) is 9.97. The molecular weight excluding hydrogens is 348 g/mol. The highest BCUT2D eigenvalue weighted by Gasteiger charge is 2.23. The predicted octanol–water partition coefficient (Wildman–Crippen LogP) is 4.03. The van der Waals surface area contributed by atoms with Crippen molar-refractivity contribution in [3.63, 3.8) is 0 Å². The van der Waals surface area contributed by atoms with Gasteiger partial charge in [0.15, 0.2) is 0 Å². The molecule has 0 spiro atoms. The zero-order chi connectivity index (χ0) is 20.1. The molecule has 28 heavy (non-hydrogen) atoms. The minimum atomic E-state index is -0.211. The Morgan fingerprint density at radius 3 is 2.43 bits per heavy atom. The second-order valence-electron chi connectivity index (χ2n) is 7.90. The van der Waals surface area contributed by atoms with Gasteiger partial charge in [0.25, 0.3) is 0 Å². The number of hydrogen-bond acceptors (Lipinski definition) is 2. The molecule has 1 aromatic heterocycles. The first kappa shape index (κ1) is 20.2. The molecule has 0 bridgehead atoms. The molecule has 0 aliphatic carbocycles. The number of aryl methyl sites for hydroxylation is 1. The molecule has 1 heterocycles. The second-order valence-corrected chi connectivity index (χ2v) is 7.90. The van der Waals surface area contributed by atoms with Crippen molar-refractivity contribution < 1.29 is 9.90 Å². The third kappa shape index (κ3) is 4.63. The zero-order valence-corrected chi connectivity index (χ0v) is 16.9. The standard InChI is InChI=1S/C24H30N2O2/c1-17(2)22(16-27)25-24(28)14-19(13-18-9-5-4-6-10-18)21-15-26(3)23-12-8-7-11-20(21)23/h4-12,15,17,19,22,27H,13-14,16H2,1-3H3,(H,25,28). The lowest BCUT2D eigenvalue weighted by atomic mass is 9.88. The fourth-order valence-corrected chi connectivity index (χ4v) is 3.80. The van der Waals surface area contributed by atoms with Gasteiger partial charge in [-0.25, -0.2) is 0 Å². The molecule has 2 unspecified atom stereocenters. The highest BCUT2D eigenvalue weighted by Crippen LogP contribution is 2.32. The Kier molecular flexibility index (Phi) is 6.53. The van der Waals surface area contributed by atoms with Gasteiger partial charge >= 0.3 is 0 Å². The summed E-state index contributed by atoms with van der Waals surface area (Å²) in [5, 5.41) is 13.8. The van der Waals surface area contributed by atoms with E-state index in [2.05, 4.69) is 40.3 Å². The minimum Gasteiger partial charge on any atom is -0.394 e. The molecule has 0 aliphatic rings. The molecule has 0 radical (unpaired) electrons. The summed E-state index contributed by atoms with van der Waals surface area (Å²) >= 11 is 0. The molecule has 2 atom stereocenters. The summed E-state index contributed by atoms with van der Waals surface area (Å²) in [4.78, 5) is 12.8. The summed E-state index contributed by atoms with van der Waals surface area (Å²) in [5.41, 5.74) is 3.59. The molecular formula is C24H30N2O2. The number of fused-ring (bicyclic) bond motifs is 1. The zero-order valence-electron chi connectivity index (χ0n) is 16.9. The largest absolute Gasteiger partial charge is 0.394 e. The molecule has 1 amide bonds. The predicted molar refractivity (Wildman–Crippen MR) is 114 cm³/mol. The van der Waals surface area contributed by atoms with E-state index in [0.717, 1.165) is 6.42 Å². The third-order valence-corrected chi connectivity index (χ3v) is 5.47. The quantitative estimate of drug-likeness (QED) is 0.622. The summed E-state index contributed by atoms with van der Waals surface area (Å²) in [7, 11) is 2.05. The average molecular weight is 379 g/mol. The molecule has 0 saturated carbocycles. The minimum absolute atomic E-state index is 0.0124. The van der Waals surface area contributed by atoms with E-state index in [0.29, 0.717) is 6.42 Å². The number of benzene rings is 2. The van der Waals surface area contributed by atoms with E-state index >= 15 is 0 Å². The van der Waals surface area contributed by atoms with Gasteiger partial charge in [-0.15, -0.1) is 0 Å². The first-order valence-electron chi connectivity index (χ1n) is 9.97. The third-order valence-electron chi connectivity index (χ3n) is 5.47. The molecule has 3 aromatic rings. The van der Waals surface area contributed by atoms with Crippen molar-refractivity contribution in [1.82, 2.24) is 9.88 Å². The van der Waals surface area contributed by atoms with Crippen LogP contribution < -0.4 is 5.32 Å². The van der Waals surface area contributed by atoms with Gasteiger partial charge in [0, 0.05) is 30.6 Å². The Labute approximate surface area is 167 Å². The summed E-state index contributed by atoms with van der Waals surface area (Å²) in [5.74, 6) is 0.251. The van der Waals surface area contributed by atoms with Crippen molar-refractivity contribution in [2.45, 2.75) is 38.6 Å². The number of aromatic nitrogens is 1. The highest BCUT2D eigenvalue weighted by molar-refractivity contribution is 5.86. The van der Waals surface area contributed by atoms with Crippen LogP contribution in [-0.2, 0) is 18.3 Å². The Balaban J connectivity index is 1.90. The number of nitrogens with zero attached hydrogens (tertiary/aromatic N) is 1. The molecule has 0 fully saturated rings. The van der Waals surface area contributed by atoms with Crippen molar-refractivity contribution in [1.29, 1.82) is 0 Å². The van der Waals surface area contributed by atoms with Gasteiger partial charge in [-0.05, 0) is 35.4 Å². The van der Waals surface area contributed by atoms with Crippen LogP contribution in [0.15, 0.2) is 60.8 Å². The molecule has 148 valence electrons. The van der Waals surface area contributed by atoms with Crippen molar-refractivity contribution in [3.05, 3.63) is 71.9 Å². The molecule has 0 aliphatic heterocycles. The van der Waals surface area contributed by atoms with Crippen LogP contribution in [0.1, 0.15) is 37.3 Å². The van der Waals surface area contributed by atoms with E-state index in [1.807, 2.05) is 51.2 Å². The number of aliphatic hydroxyl groups is 1. The number of carbonyl (C=O) groups excluding carboxylic acids is 1. The van der Waals surface area contributed by atoms with Gasteiger partial charge < -0.3 is 15.0 Å². The lowest BCUT2D eigenvalue weighted by molar-refractivity contribution is -0.122. The number of carbonyl (C=O) groups is 1. The Morgan fingerprint density at radius 2 is 1.75 bits per heavy atom. The van der Waals surface area contributed by atoms with Gasteiger partial charge in [0.1, 0.15) is 0 Å². The summed E-state index contributed by atoms with van der Waals surface area (Å²) in [6.07, 6.45) is 3.34. The normalized spacial score (nSPS) is 13.6. The lowest BCUT2D eigenvalue weighted by Crippen LogP contribution is -2.41. The van der Waals surface area contributed by atoms with Gasteiger partial charge in [0.2, 0.25) is 5.91 Å². The smallest absolute Gasteiger partial charge is 0.220 e. The number of amides is 1. The maximum Gasteiger partial charge on any atom is 0.220 e. The van der Waals surface area contributed by atoms with Crippen molar-refractivity contribution in [2.75, 3.05) is 6.61 Å². The van der Waals surface area contributed by atoms with E-state index in [1.165, 1.54) is 22.0 Å². The number of nitrogens with one attached hydrogen (secondary N) is 1. The van der Waals surface area contributed by atoms with Crippen LogP contribution in [0.2, 0.25) is 0 Å². The average Bonchev–Trinajstić information content (AvgIpc) is 3.03. The lowest BCUT2D eigenvalue weighted by Gasteiger charge is -2.22. The number of rotatable bonds is 8. The number of aliphatic hydroxyl groups excluding tert-OH is 1. The maximum absolute atomic E-state index is 12.8. The van der Waals surface area contributed by atoms with Gasteiger partial charge in [-0.3, -0.25) is 4.79 Å². The van der Waals surface area contributed by atoms with Crippen LogP contribution in [0.4, 0.5) is 0 Å². The van der Waals surface area contributed by atoms with Crippen LogP contribution in [0, 0.1) is 5.92 Å². The topological polar surface area (TPSA) is 54.3 Å². The van der Waals surface area contributed by atoms with E-state index in [9.17, 15) is 9.90 Å². The molecule has 4 heteroatoms. The molecule has 2 N–H and O–H groups in total. The highest BCUT2D eigenvalue weighted by atomic mass is 16.3. The van der Waals surface area contributed by atoms with Crippen molar-refractivity contribution in [2.24, 2.45) is 13.0 Å². The van der Waals surface area contributed by atoms with Crippen LogP contribution in [0.5, 0.6) is 0 Å². The van der Waals surface area contributed by atoms with Gasteiger partial charge in [-0.1, -0.05) is 62.4 Å². The Hall–Kier alpha value is -2.59. The second kappa shape index (κ2) is 9.07. The van der Waals surface area contributed by atoms with Crippen LogP contribution in [0.3, 0.4) is 0 Å². The fourth-order valence-electron chi connectivity index (χ4n) is 3.80. The van der Waals surface area contributed by atoms with Crippen LogP contribution in [0.25, 0.3) is 10.9 Å². The van der Waals surface area contributed by atoms with E-state index in [-0.39, 0.29) is 30.4 Å². The number of hydrogen-bond donors (Lipinski definition) is 2. The molecule has 4 nitrogen and oxygen atoms in total. The number of para-hydroxylation sites is 1. The Morgan fingerprint density at radius 1 is 1.07 bits per heavy atom. The fraction of sp³-hybridized carbons (Fsp3) is 0.375. The van der Waals surface area contributed by atoms with E-state index in [1.54, 1.807) is 0 Å². The summed E-state index contributed by atoms with van der Waals surface area (Å²) < 4.78 is 2.13. The molecule has 3 rings (SSSR count).